The second-order valence-corrected chi connectivity index (χ2v) is 4.80. The van der Waals surface area contributed by atoms with E-state index in [9.17, 15) is 0 Å². The number of hydrogen-bond acceptors (Lipinski definition) is 1. The van der Waals surface area contributed by atoms with Crippen LogP contribution in [0.25, 0.3) is 10.9 Å². The van der Waals surface area contributed by atoms with Crippen LogP contribution in [0.1, 0.15) is 26.3 Å². The van der Waals surface area contributed by atoms with E-state index < -0.39 is 0 Å². The van der Waals surface area contributed by atoms with Crippen LogP contribution in [-0.4, -0.2) is 10.6 Å². The summed E-state index contributed by atoms with van der Waals surface area (Å²) in [4.78, 5) is 0. The van der Waals surface area contributed by atoms with Crippen LogP contribution in [0, 0.1) is 11.8 Å². The summed E-state index contributed by atoms with van der Waals surface area (Å²) in [6, 6.07) is 9.30. The van der Waals surface area contributed by atoms with Gasteiger partial charge in [0.05, 0.1) is 6.54 Å². The fraction of sp³-hybridized carbons (Fsp3) is 0.375. The molecule has 0 fully saturated rings. The Morgan fingerprint density at radius 1 is 1.28 bits per heavy atom. The summed E-state index contributed by atoms with van der Waals surface area (Å²) in [6.45, 7) is 7.90. The Kier molecular flexibility index (Phi) is 4.07. The molecular formula is C16H20N2. The molecule has 0 atom stereocenters. The third-order valence-corrected chi connectivity index (χ3v) is 2.98. The second-order valence-electron chi connectivity index (χ2n) is 4.80. The van der Waals surface area contributed by atoms with Crippen LogP contribution in [-0.2, 0) is 13.1 Å². The molecule has 1 aromatic carbocycles. The Labute approximate surface area is 109 Å². The molecule has 0 spiro atoms. The molecule has 1 heterocycles. The maximum Gasteiger partial charge on any atom is 0.0837 e. The predicted molar refractivity (Wildman–Crippen MR) is 77.4 cm³/mol. The summed E-state index contributed by atoms with van der Waals surface area (Å²) in [5, 5.41) is 4.73. The zero-order valence-corrected chi connectivity index (χ0v) is 11.3. The summed E-state index contributed by atoms with van der Waals surface area (Å²) >= 11 is 0. The first-order valence-electron chi connectivity index (χ1n) is 6.41. The van der Waals surface area contributed by atoms with Crippen molar-refractivity contribution in [2.45, 2.75) is 39.9 Å². The number of hydrogen-bond donors (Lipinski definition) is 1. The van der Waals surface area contributed by atoms with E-state index in [4.69, 9.17) is 0 Å². The predicted octanol–water partition coefficient (Wildman–Crippen LogP) is 3.16. The largest absolute Gasteiger partial charge is 0.336 e. The second kappa shape index (κ2) is 5.75. The average Bonchev–Trinajstić information content (AvgIpc) is 2.76. The number of aromatic nitrogens is 1. The van der Waals surface area contributed by atoms with Crippen molar-refractivity contribution in [1.82, 2.24) is 9.88 Å². The van der Waals surface area contributed by atoms with Gasteiger partial charge in [-0.1, -0.05) is 25.8 Å². The van der Waals surface area contributed by atoms with Gasteiger partial charge in [0.2, 0.25) is 0 Å². The Hall–Kier alpha value is -1.72. The molecule has 0 unspecified atom stereocenters. The number of rotatable bonds is 4. The van der Waals surface area contributed by atoms with Crippen molar-refractivity contribution in [1.29, 1.82) is 0 Å². The molecular weight excluding hydrogens is 220 g/mol. The highest BCUT2D eigenvalue weighted by Gasteiger charge is 2.02. The minimum atomic E-state index is 0.519. The average molecular weight is 240 g/mol. The van der Waals surface area contributed by atoms with Gasteiger partial charge in [-0.15, -0.1) is 5.92 Å². The maximum absolute atomic E-state index is 3.44. The Bertz CT molecular complexity index is 582. The molecule has 2 aromatic rings. The quantitative estimate of drug-likeness (QED) is 0.812. The van der Waals surface area contributed by atoms with Crippen molar-refractivity contribution in [3.05, 3.63) is 36.0 Å². The molecule has 1 aromatic heterocycles. The molecule has 94 valence electrons. The lowest BCUT2D eigenvalue weighted by Crippen LogP contribution is -2.21. The lowest BCUT2D eigenvalue weighted by atomic mass is 10.1. The molecule has 2 rings (SSSR count). The molecule has 18 heavy (non-hydrogen) atoms. The van der Waals surface area contributed by atoms with Gasteiger partial charge in [-0.25, -0.2) is 0 Å². The van der Waals surface area contributed by atoms with Crippen molar-refractivity contribution in [2.24, 2.45) is 0 Å². The van der Waals surface area contributed by atoms with Crippen molar-refractivity contribution in [3.63, 3.8) is 0 Å². The standard InChI is InChI=1S/C16H20N2/c1-4-5-9-18-10-8-15-11-14(6-7-16(15)18)12-17-13(2)3/h6-8,10-11,13,17H,9,12H2,1-3H3. The summed E-state index contributed by atoms with van der Waals surface area (Å²) in [5.74, 6) is 6.03. The van der Waals surface area contributed by atoms with Crippen LogP contribution in [0.5, 0.6) is 0 Å². The van der Waals surface area contributed by atoms with Crippen LogP contribution in [0.15, 0.2) is 30.5 Å². The summed E-state index contributed by atoms with van der Waals surface area (Å²) in [6.07, 6.45) is 2.11. The molecule has 2 heteroatoms. The van der Waals surface area contributed by atoms with Gasteiger partial charge < -0.3 is 9.88 Å². The first-order valence-corrected chi connectivity index (χ1v) is 6.41. The van der Waals surface area contributed by atoms with Crippen molar-refractivity contribution >= 4 is 10.9 Å². The topological polar surface area (TPSA) is 17.0 Å². The van der Waals surface area contributed by atoms with Crippen molar-refractivity contribution < 1.29 is 0 Å². The van der Waals surface area contributed by atoms with E-state index in [0.29, 0.717) is 6.04 Å². The fourth-order valence-corrected chi connectivity index (χ4v) is 1.98. The van der Waals surface area contributed by atoms with Gasteiger partial charge in [-0.3, -0.25) is 0 Å². The van der Waals surface area contributed by atoms with Crippen molar-refractivity contribution in [2.75, 3.05) is 0 Å². The number of benzene rings is 1. The van der Waals surface area contributed by atoms with Gasteiger partial charge in [0.25, 0.3) is 0 Å². The van der Waals surface area contributed by atoms with Gasteiger partial charge in [-0.2, -0.15) is 0 Å². The van der Waals surface area contributed by atoms with Gasteiger partial charge >= 0.3 is 0 Å². The van der Waals surface area contributed by atoms with Gasteiger partial charge in [-0.05, 0) is 36.1 Å². The van der Waals surface area contributed by atoms with E-state index in [1.807, 2.05) is 6.92 Å². The normalized spacial score (nSPS) is 10.7. The smallest absolute Gasteiger partial charge is 0.0837 e. The van der Waals surface area contributed by atoms with Gasteiger partial charge in [0.1, 0.15) is 0 Å². The molecule has 0 radical (unpaired) electrons. The van der Waals surface area contributed by atoms with Crippen LogP contribution >= 0.6 is 0 Å². The highest BCUT2D eigenvalue weighted by molar-refractivity contribution is 5.81. The molecule has 0 aliphatic carbocycles. The zero-order valence-electron chi connectivity index (χ0n) is 11.3. The van der Waals surface area contributed by atoms with E-state index in [1.165, 1.54) is 16.5 Å². The fourth-order valence-electron chi connectivity index (χ4n) is 1.98. The van der Waals surface area contributed by atoms with E-state index >= 15 is 0 Å². The van der Waals surface area contributed by atoms with E-state index in [2.05, 4.69) is 66.0 Å². The van der Waals surface area contributed by atoms with Gasteiger partial charge in [0.15, 0.2) is 0 Å². The van der Waals surface area contributed by atoms with Crippen LogP contribution in [0.3, 0.4) is 0 Å². The zero-order chi connectivity index (χ0) is 13.0. The Balaban J connectivity index is 2.21. The Morgan fingerprint density at radius 2 is 2.11 bits per heavy atom. The summed E-state index contributed by atoms with van der Waals surface area (Å²) in [5.41, 5.74) is 2.58. The maximum atomic E-state index is 3.44. The van der Waals surface area contributed by atoms with Crippen molar-refractivity contribution in [3.8, 4) is 11.8 Å². The number of nitrogens with one attached hydrogen (secondary N) is 1. The third-order valence-electron chi connectivity index (χ3n) is 2.98. The van der Waals surface area contributed by atoms with Crippen LogP contribution in [0.4, 0.5) is 0 Å². The molecule has 1 N–H and O–H groups in total. The minimum Gasteiger partial charge on any atom is -0.336 e. The third kappa shape index (κ3) is 2.94. The number of nitrogens with zero attached hydrogens (tertiary/aromatic N) is 1. The van der Waals surface area contributed by atoms with E-state index in [0.717, 1.165) is 13.1 Å². The minimum absolute atomic E-state index is 0.519. The first kappa shape index (κ1) is 12.7. The molecule has 0 saturated carbocycles. The summed E-state index contributed by atoms with van der Waals surface area (Å²) in [7, 11) is 0. The lowest BCUT2D eigenvalue weighted by molar-refractivity contribution is 0.589. The summed E-state index contributed by atoms with van der Waals surface area (Å²) < 4.78 is 2.19. The van der Waals surface area contributed by atoms with E-state index in [1.54, 1.807) is 0 Å². The molecule has 0 aliphatic rings. The highest BCUT2D eigenvalue weighted by atomic mass is 14.9. The van der Waals surface area contributed by atoms with Crippen LogP contribution in [0.2, 0.25) is 0 Å². The molecule has 0 bridgehead atoms. The van der Waals surface area contributed by atoms with Gasteiger partial charge in [0, 0.05) is 24.3 Å². The molecule has 2 nitrogen and oxygen atoms in total. The SMILES string of the molecule is CC#CCn1ccc2cc(CNC(C)C)ccc21. The number of fused-ring (bicyclic) bond motifs is 1. The first-order chi connectivity index (χ1) is 8.70. The monoisotopic (exact) mass is 240 g/mol. The van der Waals surface area contributed by atoms with E-state index in [-0.39, 0.29) is 0 Å². The Morgan fingerprint density at radius 3 is 2.83 bits per heavy atom. The highest BCUT2D eigenvalue weighted by Crippen LogP contribution is 2.17. The van der Waals surface area contributed by atoms with Crippen LogP contribution < -0.4 is 5.32 Å². The molecule has 0 saturated heterocycles. The lowest BCUT2D eigenvalue weighted by Gasteiger charge is -2.08. The molecule has 0 aliphatic heterocycles. The molecule has 0 amide bonds.